The fourth-order valence-electron chi connectivity index (χ4n) is 2.71. The van der Waals surface area contributed by atoms with Crippen LogP contribution >= 0.6 is 15.9 Å². The van der Waals surface area contributed by atoms with Gasteiger partial charge in [-0.05, 0) is 37.2 Å². The Bertz CT molecular complexity index is 398. The van der Waals surface area contributed by atoms with Crippen molar-refractivity contribution in [3.05, 3.63) is 35.9 Å². The molecule has 0 saturated heterocycles. The summed E-state index contributed by atoms with van der Waals surface area (Å²) in [5.41, 5.74) is 1.16. The SMILES string of the molecule is CC1CCC(C(=O)NC(CBr)c2ccccc2)CC1. The Morgan fingerprint density at radius 2 is 1.89 bits per heavy atom. The van der Waals surface area contributed by atoms with Crippen molar-refractivity contribution in [1.29, 1.82) is 0 Å². The molecule has 1 aliphatic carbocycles. The molecule has 0 aliphatic heterocycles. The number of carbonyl (C=O) groups is 1. The van der Waals surface area contributed by atoms with E-state index >= 15 is 0 Å². The van der Waals surface area contributed by atoms with Gasteiger partial charge in [-0.2, -0.15) is 0 Å². The van der Waals surface area contributed by atoms with Crippen LogP contribution in [-0.2, 0) is 4.79 Å². The van der Waals surface area contributed by atoms with E-state index < -0.39 is 0 Å². The van der Waals surface area contributed by atoms with E-state index in [1.165, 1.54) is 12.8 Å². The Labute approximate surface area is 124 Å². The highest BCUT2D eigenvalue weighted by molar-refractivity contribution is 9.09. The normalized spacial score (nSPS) is 24.7. The van der Waals surface area contributed by atoms with Gasteiger partial charge in [-0.3, -0.25) is 4.79 Å². The smallest absolute Gasteiger partial charge is 0.223 e. The van der Waals surface area contributed by atoms with Gasteiger partial charge >= 0.3 is 0 Å². The molecule has 1 aromatic rings. The van der Waals surface area contributed by atoms with Crippen molar-refractivity contribution in [2.75, 3.05) is 5.33 Å². The first-order chi connectivity index (χ1) is 9.20. The zero-order valence-electron chi connectivity index (χ0n) is 11.4. The summed E-state index contributed by atoms with van der Waals surface area (Å²) in [6, 6.07) is 10.2. The van der Waals surface area contributed by atoms with Crippen LogP contribution in [0.15, 0.2) is 30.3 Å². The molecular formula is C16H22BrNO. The van der Waals surface area contributed by atoms with E-state index in [0.29, 0.717) is 0 Å². The minimum absolute atomic E-state index is 0.0769. The van der Waals surface area contributed by atoms with E-state index in [0.717, 1.165) is 29.7 Å². The molecule has 0 bridgehead atoms. The number of amides is 1. The van der Waals surface area contributed by atoms with E-state index in [1.54, 1.807) is 0 Å². The average Bonchev–Trinajstić information content (AvgIpc) is 2.46. The number of rotatable bonds is 4. The molecule has 1 fully saturated rings. The molecular weight excluding hydrogens is 302 g/mol. The third-order valence-electron chi connectivity index (χ3n) is 4.06. The molecule has 1 aromatic carbocycles. The second-order valence-corrected chi connectivity index (χ2v) is 6.23. The van der Waals surface area contributed by atoms with E-state index in [-0.39, 0.29) is 17.9 Å². The fourth-order valence-corrected chi connectivity index (χ4v) is 3.24. The molecule has 1 aliphatic rings. The Balaban J connectivity index is 1.93. The Morgan fingerprint density at radius 1 is 1.26 bits per heavy atom. The standard InChI is InChI=1S/C16H22BrNO/c1-12-7-9-14(10-8-12)16(19)18-15(11-17)13-5-3-2-4-6-13/h2-6,12,14-15H,7-11H2,1H3,(H,18,19). The van der Waals surface area contributed by atoms with Crippen LogP contribution in [0.1, 0.15) is 44.2 Å². The van der Waals surface area contributed by atoms with Crippen LogP contribution in [-0.4, -0.2) is 11.2 Å². The van der Waals surface area contributed by atoms with Gasteiger partial charge in [-0.1, -0.05) is 53.2 Å². The van der Waals surface area contributed by atoms with Crippen LogP contribution in [0.3, 0.4) is 0 Å². The third-order valence-corrected chi connectivity index (χ3v) is 4.71. The third kappa shape index (κ3) is 4.07. The molecule has 1 N–H and O–H groups in total. The van der Waals surface area contributed by atoms with E-state index in [2.05, 4.69) is 40.3 Å². The molecule has 0 aromatic heterocycles. The molecule has 0 spiro atoms. The summed E-state index contributed by atoms with van der Waals surface area (Å²) in [5.74, 6) is 1.21. The summed E-state index contributed by atoms with van der Waals surface area (Å²) in [7, 11) is 0. The molecule has 3 heteroatoms. The maximum absolute atomic E-state index is 12.3. The lowest BCUT2D eigenvalue weighted by molar-refractivity contribution is -0.126. The number of nitrogens with one attached hydrogen (secondary N) is 1. The van der Waals surface area contributed by atoms with Crippen molar-refractivity contribution in [2.24, 2.45) is 11.8 Å². The number of carbonyl (C=O) groups excluding carboxylic acids is 1. The summed E-state index contributed by atoms with van der Waals surface area (Å²) in [5, 5.41) is 3.94. The van der Waals surface area contributed by atoms with Crippen molar-refractivity contribution in [1.82, 2.24) is 5.32 Å². The molecule has 104 valence electrons. The minimum Gasteiger partial charge on any atom is -0.348 e. The van der Waals surface area contributed by atoms with Gasteiger partial charge in [0.2, 0.25) is 5.91 Å². The van der Waals surface area contributed by atoms with E-state index in [1.807, 2.05) is 18.2 Å². The molecule has 0 radical (unpaired) electrons. The fraction of sp³-hybridized carbons (Fsp3) is 0.562. The van der Waals surface area contributed by atoms with E-state index in [4.69, 9.17) is 0 Å². The second-order valence-electron chi connectivity index (χ2n) is 5.58. The predicted octanol–water partition coefficient (Wildman–Crippen LogP) is 4.07. The van der Waals surface area contributed by atoms with Crippen LogP contribution in [0.5, 0.6) is 0 Å². The van der Waals surface area contributed by atoms with Crippen LogP contribution in [0.2, 0.25) is 0 Å². The van der Waals surface area contributed by atoms with Gasteiger partial charge in [0.25, 0.3) is 0 Å². The molecule has 1 unspecified atom stereocenters. The highest BCUT2D eigenvalue weighted by Crippen LogP contribution is 2.29. The van der Waals surface area contributed by atoms with Gasteiger partial charge < -0.3 is 5.32 Å². The van der Waals surface area contributed by atoms with Crippen LogP contribution in [0, 0.1) is 11.8 Å². The highest BCUT2D eigenvalue weighted by atomic mass is 79.9. The van der Waals surface area contributed by atoms with Crippen molar-refractivity contribution >= 4 is 21.8 Å². The molecule has 19 heavy (non-hydrogen) atoms. The van der Waals surface area contributed by atoms with Crippen LogP contribution in [0.4, 0.5) is 0 Å². The van der Waals surface area contributed by atoms with Crippen LogP contribution in [0.25, 0.3) is 0 Å². The number of hydrogen-bond acceptors (Lipinski definition) is 1. The first-order valence-electron chi connectivity index (χ1n) is 7.12. The molecule has 1 saturated carbocycles. The highest BCUT2D eigenvalue weighted by Gasteiger charge is 2.25. The summed E-state index contributed by atoms with van der Waals surface area (Å²) in [6.45, 7) is 2.28. The second kappa shape index (κ2) is 7.09. The van der Waals surface area contributed by atoms with Gasteiger partial charge in [0.15, 0.2) is 0 Å². The topological polar surface area (TPSA) is 29.1 Å². The summed E-state index contributed by atoms with van der Waals surface area (Å²) in [4.78, 5) is 12.3. The Kier molecular flexibility index (Phi) is 5.44. The molecule has 0 heterocycles. The summed E-state index contributed by atoms with van der Waals surface area (Å²) >= 11 is 3.50. The maximum Gasteiger partial charge on any atom is 0.223 e. The van der Waals surface area contributed by atoms with Gasteiger partial charge in [-0.15, -0.1) is 0 Å². The number of benzene rings is 1. The monoisotopic (exact) mass is 323 g/mol. The first-order valence-corrected chi connectivity index (χ1v) is 8.24. The van der Waals surface area contributed by atoms with Crippen molar-refractivity contribution < 1.29 is 4.79 Å². The molecule has 1 atom stereocenters. The Hall–Kier alpha value is -0.830. The number of halogens is 1. The largest absolute Gasteiger partial charge is 0.348 e. The van der Waals surface area contributed by atoms with Crippen molar-refractivity contribution in [2.45, 2.75) is 38.6 Å². The average molecular weight is 324 g/mol. The quantitative estimate of drug-likeness (QED) is 0.831. The predicted molar refractivity (Wildman–Crippen MR) is 82.2 cm³/mol. The van der Waals surface area contributed by atoms with Gasteiger partial charge in [0.1, 0.15) is 0 Å². The summed E-state index contributed by atoms with van der Waals surface area (Å²) in [6.07, 6.45) is 4.44. The maximum atomic E-state index is 12.3. The van der Waals surface area contributed by atoms with Gasteiger partial charge in [-0.25, -0.2) is 0 Å². The number of alkyl halides is 1. The zero-order chi connectivity index (χ0) is 13.7. The van der Waals surface area contributed by atoms with Gasteiger partial charge in [0.05, 0.1) is 6.04 Å². The van der Waals surface area contributed by atoms with Crippen molar-refractivity contribution in [3.63, 3.8) is 0 Å². The van der Waals surface area contributed by atoms with Crippen molar-refractivity contribution in [3.8, 4) is 0 Å². The lowest BCUT2D eigenvalue weighted by atomic mass is 9.82. The molecule has 2 nitrogen and oxygen atoms in total. The minimum atomic E-state index is 0.0769. The van der Waals surface area contributed by atoms with Gasteiger partial charge in [0, 0.05) is 11.2 Å². The molecule has 1 amide bonds. The number of hydrogen-bond donors (Lipinski definition) is 1. The van der Waals surface area contributed by atoms with Crippen LogP contribution < -0.4 is 5.32 Å². The molecule has 2 rings (SSSR count). The zero-order valence-corrected chi connectivity index (χ0v) is 13.0. The Morgan fingerprint density at radius 3 is 2.47 bits per heavy atom. The lowest BCUT2D eigenvalue weighted by Gasteiger charge is -2.27. The lowest BCUT2D eigenvalue weighted by Crippen LogP contribution is -2.36. The van der Waals surface area contributed by atoms with E-state index in [9.17, 15) is 4.79 Å². The summed E-state index contributed by atoms with van der Waals surface area (Å²) < 4.78 is 0. The first kappa shape index (κ1) is 14.6.